The molecule has 0 fully saturated rings. The highest BCUT2D eigenvalue weighted by molar-refractivity contribution is 6.25. The van der Waals surface area contributed by atoms with Gasteiger partial charge >= 0.3 is 20.9 Å². The van der Waals surface area contributed by atoms with Crippen molar-refractivity contribution in [3.63, 3.8) is 0 Å². The summed E-state index contributed by atoms with van der Waals surface area (Å²) in [5.41, 5.74) is 0. The summed E-state index contributed by atoms with van der Waals surface area (Å²) in [6.45, 7) is 2.14. The van der Waals surface area contributed by atoms with E-state index in [4.69, 9.17) is 0 Å². The fraction of sp³-hybridized carbons (Fsp3) is 1.00. The third-order valence-electron chi connectivity index (χ3n) is 0.987. The summed E-state index contributed by atoms with van der Waals surface area (Å²) in [5.74, 6) is 0. The predicted molar refractivity (Wildman–Crippen MR) is 31.2 cm³/mol. The van der Waals surface area contributed by atoms with Crippen LogP contribution in [0, 0.1) is 0 Å². The van der Waals surface area contributed by atoms with E-state index in [-0.39, 0.29) is 0 Å². The first kappa shape index (κ1) is 7.70. The molecule has 0 aliphatic carbocycles. The van der Waals surface area contributed by atoms with Crippen LogP contribution in [0.1, 0.15) is 26.2 Å². The summed E-state index contributed by atoms with van der Waals surface area (Å²) in [7, 11) is 0. The highest BCUT2D eigenvalue weighted by Gasteiger charge is 1.90. The topological polar surface area (TPSA) is 0 Å². The molecule has 0 amide bonds. The van der Waals surface area contributed by atoms with E-state index in [1.807, 2.05) is 0 Å². The van der Waals surface area contributed by atoms with E-state index in [2.05, 4.69) is 6.92 Å². The molecule has 0 aliphatic heterocycles. The largest absolute Gasteiger partial charge is 0.614 e. The molecule has 0 aromatic heterocycles. The van der Waals surface area contributed by atoms with Gasteiger partial charge < -0.3 is 2.96 Å². The van der Waals surface area contributed by atoms with Crippen molar-refractivity contribution in [3.8, 4) is 0 Å². The van der Waals surface area contributed by atoms with Gasteiger partial charge in [-0.15, -0.1) is 4.55 Å². The lowest BCUT2D eigenvalue weighted by atomic mass is 10.3. The van der Waals surface area contributed by atoms with Crippen molar-refractivity contribution < 1.29 is 2.96 Å². The average Bonchev–Trinajstić information content (AvgIpc) is 1.69. The molecular weight excluding hydrogens is 103 g/mol. The first-order valence-corrected chi connectivity index (χ1v) is 4.51. The van der Waals surface area contributed by atoms with Crippen molar-refractivity contribution in [2.75, 3.05) is 0 Å². The molecule has 40 valence electrons. The van der Waals surface area contributed by atoms with E-state index in [1.54, 1.807) is 0 Å². The number of hydrogen-bond acceptors (Lipinski definition) is 0. The molecule has 0 bridgehead atoms. The Labute approximate surface area is 54.9 Å². The maximum Gasteiger partial charge on any atom is 0.614 e. The fourth-order valence-electron chi connectivity index (χ4n) is 0.521. The zero-order valence-corrected chi connectivity index (χ0v) is 6.33. The minimum Gasteiger partial charge on any atom is -0.486 e. The van der Waals surface area contributed by atoms with E-state index in [0.29, 0.717) is 0 Å². The SMILES string of the molecule is CCCC[CH2][Mg][F]. The highest BCUT2D eigenvalue weighted by Crippen LogP contribution is 1.97. The van der Waals surface area contributed by atoms with Gasteiger partial charge in [0.15, 0.2) is 0 Å². The quantitative estimate of drug-likeness (QED) is 0.388. The zero-order valence-electron chi connectivity index (χ0n) is 4.91. The first-order chi connectivity index (χ1) is 3.41. The van der Waals surface area contributed by atoms with E-state index < -0.39 is 20.9 Å². The Morgan fingerprint density at radius 1 is 1.43 bits per heavy atom. The van der Waals surface area contributed by atoms with Crippen molar-refractivity contribution in [2.24, 2.45) is 0 Å². The molecule has 0 aliphatic rings. The van der Waals surface area contributed by atoms with Crippen LogP contribution in [0.2, 0.25) is 4.55 Å². The van der Waals surface area contributed by atoms with Crippen LogP contribution in [0.5, 0.6) is 0 Å². The van der Waals surface area contributed by atoms with Crippen LogP contribution < -0.4 is 0 Å². The summed E-state index contributed by atoms with van der Waals surface area (Å²) in [6, 6.07) is 0. The minimum absolute atomic E-state index is 0.897. The second-order valence-corrected chi connectivity index (χ2v) is 2.83. The Kier molecular flexibility index (Phi) is 7.36. The standard InChI is InChI=1S/C5H11.FH.Mg/c1-3-5-4-2;;/h1,3-5H2,2H3;1H;/q;;+1/p-1. The van der Waals surface area contributed by atoms with E-state index in [0.717, 1.165) is 11.0 Å². The Morgan fingerprint density at radius 2 is 2.14 bits per heavy atom. The molecule has 0 N–H and O–H groups in total. The van der Waals surface area contributed by atoms with Crippen LogP contribution in [0.25, 0.3) is 0 Å². The molecule has 0 heterocycles. The molecule has 0 nitrogen and oxygen atoms in total. The predicted octanol–water partition coefficient (Wildman–Crippen LogP) is 2.18. The number of unbranched alkanes of at least 4 members (excludes halogenated alkanes) is 2. The van der Waals surface area contributed by atoms with Crippen molar-refractivity contribution in [2.45, 2.75) is 30.7 Å². The smallest absolute Gasteiger partial charge is 0.486 e. The Hall–Kier alpha value is 0.696. The van der Waals surface area contributed by atoms with Gasteiger partial charge in [-0.05, 0) is 0 Å². The highest BCUT2D eigenvalue weighted by atomic mass is 24.6. The molecule has 0 saturated carbocycles. The molecular formula is C5H11FMg. The van der Waals surface area contributed by atoms with Crippen molar-refractivity contribution in [1.29, 1.82) is 0 Å². The summed E-state index contributed by atoms with van der Waals surface area (Å²) >= 11 is -1.11. The fourth-order valence-corrected chi connectivity index (χ4v) is 1.06. The summed E-state index contributed by atoms with van der Waals surface area (Å²) in [4.78, 5) is 0. The maximum absolute atomic E-state index is 11.5. The molecule has 0 radical (unpaired) electrons. The van der Waals surface area contributed by atoms with E-state index in [9.17, 15) is 2.96 Å². The van der Waals surface area contributed by atoms with Gasteiger partial charge in [-0.1, -0.05) is 26.2 Å². The van der Waals surface area contributed by atoms with Crippen LogP contribution in [-0.4, -0.2) is 20.9 Å². The second kappa shape index (κ2) is 6.70. The van der Waals surface area contributed by atoms with Gasteiger partial charge in [0.2, 0.25) is 0 Å². The Balaban J connectivity index is 2.45. The molecule has 0 unspecified atom stereocenters. The first-order valence-electron chi connectivity index (χ1n) is 2.97. The van der Waals surface area contributed by atoms with Crippen LogP contribution in [0.4, 0.5) is 2.96 Å². The van der Waals surface area contributed by atoms with Gasteiger partial charge in [-0.3, -0.25) is 0 Å². The summed E-state index contributed by atoms with van der Waals surface area (Å²) < 4.78 is 12.4. The van der Waals surface area contributed by atoms with Crippen LogP contribution >= 0.6 is 0 Å². The number of rotatable bonds is 4. The number of hydrogen-bond donors (Lipinski definition) is 0. The molecule has 0 aromatic rings. The van der Waals surface area contributed by atoms with Crippen molar-refractivity contribution in [1.82, 2.24) is 0 Å². The lowest BCUT2D eigenvalue weighted by molar-refractivity contribution is 0.746. The summed E-state index contributed by atoms with van der Waals surface area (Å²) in [6.07, 6.45) is 3.56. The monoisotopic (exact) mass is 114 g/mol. The minimum atomic E-state index is -1.11. The molecule has 0 atom stereocenters. The van der Waals surface area contributed by atoms with E-state index >= 15 is 0 Å². The van der Waals surface area contributed by atoms with Gasteiger partial charge in [0.25, 0.3) is 0 Å². The lowest BCUT2D eigenvalue weighted by Gasteiger charge is -1.87. The molecule has 0 aromatic carbocycles. The molecule has 2 heteroatoms. The molecule has 0 spiro atoms. The molecule has 0 rings (SSSR count). The van der Waals surface area contributed by atoms with Gasteiger partial charge in [-0.25, -0.2) is 0 Å². The Morgan fingerprint density at radius 3 is 2.57 bits per heavy atom. The van der Waals surface area contributed by atoms with Crippen molar-refractivity contribution >= 4 is 20.9 Å². The maximum atomic E-state index is 11.5. The van der Waals surface area contributed by atoms with Gasteiger partial charge in [0.1, 0.15) is 0 Å². The third-order valence-corrected chi connectivity index (χ3v) is 1.75. The average molecular weight is 114 g/mol. The van der Waals surface area contributed by atoms with Gasteiger partial charge in [0, 0.05) is 0 Å². The molecule has 0 saturated heterocycles. The van der Waals surface area contributed by atoms with Gasteiger partial charge in [-0.2, -0.15) is 0 Å². The van der Waals surface area contributed by atoms with Crippen LogP contribution in [-0.2, 0) is 0 Å². The summed E-state index contributed by atoms with van der Waals surface area (Å²) in [5, 5.41) is 0. The normalized spacial score (nSPS) is 8.29. The zero-order chi connectivity index (χ0) is 5.54. The van der Waals surface area contributed by atoms with E-state index in [1.165, 1.54) is 12.8 Å². The van der Waals surface area contributed by atoms with Crippen molar-refractivity contribution in [3.05, 3.63) is 0 Å². The third kappa shape index (κ3) is 6.70. The lowest BCUT2D eigenvalue weighted by Crippen LogP contribution is -1.77. The second-order valence-electron chi connectivity index (χ2n) is 1.75. The Bertz CT molecular complexity index is 27.3. The van der Waals surface area contributed by atoms with Crippen LogP contribution in [0.3, 0.4) is 0 Å². The number of halogens is 1. The molecule has 7 heavy (non-hydrogen) atoms. The van der Waals surface area contributed by atoms with Gasteiger partial charge in [0.05, 0.1) is 0 Å². The van der Waals surface area contributed by atoms with Crippen LogP contribution in [0.15, 0.2) is 0 Å².